The molecule has 0 spiro atoms. The summed E-state index contributed by atoms with van der Waals surface area (Å²) in [7, 11) is -1.79. The first kappa shape index (κ1) is 16.4. The van der Waals surface area contributed by atoms with E-state index in [9.17, 15) is 16.8 Å². The minimum absolute atomic E-state index is 0.0284. The average molecular weight is 326 g/mol. The van der Waals surface area contributed by atoms with Gasteiger partial charge in [0.05, 0.1) is 10.1 Å². The average Bonchev–Trinajstić information content (AvgIpc) is 2.28. The summed E-state index contributed by atoms with van der Waals surface area (Å²) in [5, 5.41) is -0.476. The van der Waals surface area contributed by atoms with Crippen LogP contribution in [0.2, 0.25) is 0 Å². The molecular weight excluding hydrogens is 310 g/mol. The largest absolute Gasteiger partial charge is 0.261 e. The monoisotopic (exact) mass is 325 g/mol. The van der Waals surface area contributed by atoms with Gasteiger partial charge in [-0.3, -0.25) is 0 Å². The molecule has 0 fully saturated rings. The fourth-order valence-electron chi connectivity index (χ4n) is 1.32. The molecule has 108 valence electrons. The molecule has 0 saturated carbocycles. The summed E-state index contributed by atoms with van der Waals surface area (Å²) < 4.78 is 47.6. The summed E-state index contributed by atoms with van der Waals surface area (Å²) in [5.74, 6) is 0. The molecule has 0 heterocycles. The van der Waals surface area contributed by atoms with Crippen LogP contribution in [0.5, 0.6) is 0 Å². The van der Waals surface area contributed by atoms with Crippen LogP contribution in [0.4, 0.5) is 0 Å². The third-order valence-corrected chi connectivity index (χ3v) is 5.76. The van der Waals surface area contributed by atoms with E-state index < -0.39 is 24.3 Å². The van der Waals surface area contributed by atoms with Crippen molar-refractivity contribution in [2.75, 3.05) is 6.54 Å². The van der Waals surface area contributed by atoms with Gasteiger partial charge in [0, 0.05) is 17.2 Å². The molecule has 0 atom stereocenters. The standard InChI is InChI=1S/C11H16ClNO4S2/c1-9(2)19(16,17)13-8-7-10-3-5-11(6-4-10)18(12,14)15/h3-6,9,13H,7-8H2,1-2H3. The van der Waals surface area contributed by atoms with Crippen molar-refractivity contribution in [2.45, 2.75) is 30.4 Å². The maximum absolute atomic E-state index is 11.5. The fraction of sp³-hybridized carbons (Fsp3) is 0.455. The molecule has 0 amide bonds. The summed E-state index contributed by atoms with van der Waals surface area (Å²) >= 11 is 0. The molecule has 0 aliphatic carbocycles. The van der Waals surface area contributed by atoms with Crippen molar-refractivity contribution in [3.8, 4) is 0 Å². The molecule has 1 aromatic carbocycles. The topological polar surface area (TPSA) is 80.3 Å². The van der Waals surface area contributed by atoms with Gasteiger partial charge in [0.1, 0.15) is 0 Å². The minimum atomic E-state index is -3.71. The van der Waals surface area contributed by atoms with Gasteiger partial charge in [-0.05, 0) is 38.0 Å². The number of halogens is 1. The van der Waals surface area contributed by atoms with E-state index in [2.05, 4.69) is 4.72 Å². The molecule has 0 aliphatic heterocycles. The molecule has 1 N–H and O–H groups in total. The Balaban J connectivity index is 2.61. The van der Waals surface area contributed by atoms with Gasteiger partial charge >= 0.3 is 0 Å². The SMILES string of the molecule is CC(C)S(=O)(=O)NCCc1ccc(S(=O)(=O)Cl)cc1. The molecule has 0 aromatic heterocycles. The predicted molar refractivity (Wildman–Crippen MR) is 75.2 cm³/mol. The molecular formula is C11H16ClNO4S2. The predicted octanol–water partition coefficient (Wildman–Crippen LogP) is 1.48. The van der Waals surface area contributed by atoms with Gasteiger partial charge < -0.3 is 0 Å². The van der Waals surface area contributed by atoms with Crippen molar-refractivity contribution in [2.24, 2.45) is 0 Å². The van der Waals surface area contributed by atoms with E-state index in [0.29, 0.717) is 6.42 Å². The van der Waals surface area contributed by atoms with Crippen molar-refractivity contribution in [3.63, 3.8) is 0 Å². The molecule has 1 aromatic rings. The van der Waals surface area contributed by atoms with Crippen LogP contribution in [0, 0.1) is 0 Å². The van der Waals surface area contributed by atoms with Crippen LogP contribution in [0.1, 0.15) is 19.4 Å². The van der Waals surface area contributed by atoms with Crippen LogP contribution in [-0.4, -0.2) is 28.6 Å². The highest BCUT2D eigenvalue weighted by atomic mass is 35.7. The quantitative estimate of drug-likeness (QED) is 0.803. The first-order valence-electron chi connectivity index (χ1n) is 5.65. The summed E-state index contributed by atoms with van der Waals surface area (Å²) in [6, 6.07) is 6.01. The van der Waals surface area contributed by atoms with Crippen LogP contribution in [0.25, 0.3) is 0 Å². The van der Waals surface area contributed by atoms with Gasteiger partial charge in [0.2, 0.25) is 10.0 Å². The second-order valence-corrected chi connectivity index (χ2v) is 9.21. The summed E-state index contributed by atoms with van der Waals surface area (Å²) in [6.45, 7) is 3.47. The van der Waals surface area contributed by atoms with Gasteiger partial charge in [0.25, 0.3) is 9.05 Å². The zero-order chi connectivity index (χ0) is 14.7. The molecule has 0 aliphatic rings. The lowest BCUT2D eigenvalue weighted by molar-refractivity contribution is 0.572. The van der Waals surface area contributed by atoms with Crippen LogP contribution in [0.15, 0.2) is 29.2 Å². The Morgan fingerprint density at radius 1 is 1.11 bits per heavy atom. The van der Waals surface area contributed by atoms with E-state index in [1.165, 1.54) is 12.1 Å². The van der Waals surface area contributed by atoms with E-state index in [1.54, 1.807) is 26.0 Å². The Morgan fingerprint density at radius 3 is 2.05 bits per heavy atom. The first-order chi connectivity index (χ1) is 8.63. The first-order valence-corrected chi connectivity index (χ1v) is 9.50. The Labute approximate surface area is 118 Å². The second-order valence-electron chi connectivity index (χ2n) is 4.32. The minimum Gasteiger partial charge on any atom is -0.215 e. The molecule has 1 rings (SSSR count). The van der Waals surface area contributed by atoms with Crippen molar-refractivity contribution in [1.82, 2.24) is 4.72 Å². The second kappa shape index (κ2) is 6.21. The van der Waals surface area contributed by atoms with Crippen molar-refractivity contribution < 1.29 is 16.8 Å². The van der Waals surface area contributed by atoms with Crippen LogP contribution in [0.3, 0.4) is 0 Å². The zero-order valence-corrected chi connectivity index (χ0v) is 13.0. The molecule has 8 heteroatoms. The van der Waals surface area contributed by atoms with Gasteiger partial charge in [-0.25, -0.2) is 21.6 Å². The van der Waals surface area contributed by atoms with Crippen molar-refractivity contribution >= 4 is 29.8 Å². The number of rotatable bonds is 6. The van der Waals surface area contributed by atoms with Gasteiger partial charge in [-0.15, -0.1) is 0 Å². The lowest BCUT2D eigenvalue weighted by Gasteiger charge is -2.09. The van der Waals surface area contributed by atoms with E-state index >= 15 is 0 Å². The zero-order valence-electron chi connectivity index (χ0n) is 10.6. The number of nitrogens with one attached hydrogen (secondary N) is 1. The third kappa shape index (κ3) is 5.10. The molecule has 0 bridgehead atoms. The fourth-order valence-corrected chi connectivity index (χ4v) is 2.81. The molecule has 0 radical (unpaired) electrons. The number of hydrogen-bond donors (Lipinski definition) is 1. The molecule has 0 unspecified atom stereocenters. The lowest BCUT2D eigenvalue weighted by atomic mass is 10.2. The number of sulfonamides is 1. The van der Waals surface area contributed by atoms with Gasteiger partial charge in [-0.2, -0.15) is 0 Å². The Bertz CT molecular complexity index is 621. The maximum Gasteiger partial charge on any atom is 0.261 e. The van der Waals surface area contributed by atoms with Crippen molar-refractivity contribution in [1.29, 1.82) is 0 Å². The number of hydrogen-bond acceptors (Lipinski definition) is 4. The van der Waals surface area contributed by atoms with Gasteiger partial charge in [0.15, 0.2) is 0 Å². The maximum atomic E-state index is 11.5. The molecule has 19 heavy (non-hydrogen) atoms. The summed E-state index contributed by atoms with van der Waals surface area (Å²) in [6.07, 6.45) is 0.481. The highest BCUT2D eigenvalue weighted by Crippen LogP contribution is 2.15. The highest BCUT2D eigenvalue weighted by molar-refractivity contribution is 8.13. The van der Waals surface area contributed by atoms with E-state index in [-0.39, 0.29) is 11.4 Å². The molecule has 0 saturated heterocycles. The smallest absolute Gasteiger partial charge is 0.215 e. The molecule has 5 nitrogen and oxygen atoms in total. The van der Waals surface area contributed by atoms with E-state index in [4.69, 9.17) is 10.7 Å². The van der Waals surface area contributed by atoms with Gasteiger partial charge in [-0.1, -0.05) is 12.1 Å². The Hall–Kier alpha value is -0.630. The lowest BCUT2D eigenvalue weighted by Crippen LogP contribution is -2.32. The van der Waals surface area contributed by atoms with Crippen LogP contribution >= 0.6 is 10.7 Å². The van der Waals surface area contributed by atoms with Crippen molar-refractivity contribution in [3.05, 3.63) is 29.8 Å². The van der Waals surface area contributed by atoms with E-state index in [0.717, 1.165) is 5.56 Å². The number of benzene rings is 1. The normalized spacial score (nSPS) is 12.8. The van der Waals surface area contributed by atoms with E-state index in [1.807, 2.05) is 0 Å². The Morgan fingerprint density at radius 2 is 1.63 bits per heavy atom. The highest BCUT2D eigenvalue weighted by Gasteiger charge is 2.14. The summed E-state index contributed by atoms with van der Waals surface area (Å²) in [5.41, 5.74) is 0.829. The Kier molecular flexibility index (Phi) is 5.37. The van der Waals surface area contributed by atoms with Crippen LogP contribution < -0.4 is 4.72 Å². The van der Waals surface area contributed by atoms with Crippen LogP contribution in [-0.2, 0) is 25.5 Å². The third-order valence-electron chi connectivity index (χ3n) is 2.54. The summed E-state index contributed by atoms with van der Waals surface area (Å²) in [4.78, 5) is 0.0284.